The second-order valence-corrected chi connectivity index (χ2v) is 5.97. The van der Waals surface area contributed by atoms with Crippen molar-refractivity contribution in [3.05, 3.63) is 78.1 Å². The number of rotatable bonds is 3. The number of nitrogens with zero attached hydrogens (tertiary/aromatic N) is 2. The minimum Gasteiger partial charge on any atom is -0.274 e. The third kappa shape index (κ3) is 2.29. The molecule has 0 saturated heterocycles. The summed E-state index contributed by atoms with van der Waals surface area (Å²) in [6.45, 7) is 2.17. The van der Waals surface area contributed by atoms with Crippen LogP contribution in [0.25, 0.3) is 21.8 Å². The van der Waals surface area contributed by atoms with E-state index in [0.717, 1.165) is 34.6 Å². The number of benzene rings is 2. The molecule has 118 valence electrons. The highest BCUT2D eigenvalue weighted by atomic mass is 16.2. The van der Waals surface area contributed by atoms with Gasteiger partial charge in [0.25, 0.3) is 5.91 Å². The van der Waals surface area contributed by atoms with E-state index >= 15 is 0 Å². The Balaban J connectivity index is 2.03. The van der Waals surface area contributed by atoms with Gasteiger partial charge in [-0.1, -0.05) is 49.7 Å². The molecule has 4 aromatic rings. The Labute approximate surface area is 140 Å². The standard InChI is InChI=1S/C21H18N2O/c1-2-7-15-11-12-17-16-8-3-4-10-19(16)23(20(17)14-15)21(24)18-9-5-6-13-22-18/h3-6,8-14H,2,7H2,1H3. The second kappa shape index (κ2) is 5.93. The Morgan fingerprint density at radius 2 is 1.75 bits per heavy atom. The van der Waals surface area contributed by atoms with E-state index in [-0.39, 0.29) is 5.91 Å². The summed E-state index contributed by atoms with van der Waals surface area (Å²) in [5.74, 6) is -0.0875. The number of hydrogen-bond donors (Lipinski definition) is 0. The molecule has 0 bridgehead atoms. The quantitative estimate of drug-likeness (QED) is 0.543. The number of para-hydroxylation sites is 1. The molecule has 0 fully saturated rings. The Kier molecular flexibility index (Phi) is 3.62. The van der Waals surface area contributed by atoms with Crippen LogP contribution in [-0.2, 0) is 6.42 Å². The van der Waals surface area contributed by atoms with E-state index in [9.17, 15) is 4.79 Å². The fourth-order valence-electron chi connectivity index (χ4n) is 3.28. The van der Waals surface area contributed by atoms with E-state index in [1.54, 1.807) is 16.8 Å². The zero-order valence-electron chi connectivity index (χ0n) is 13.6. The van der Waals surface area contributed by atoms with Crippen LogP contribution in [0.15, 0.2) is 66.9 Å². The lowest BCUT2D eigenvalue weighted by Gasteiger charge is -2.06. The number of aromatic nitrogens is 2. The van der Waals surface area contributed by atoms with Crippen molar-refractivity contribution >= 4 is 27.7 Å². The molecule has 0 N–H and O–H groups in total. The molecule has 24 heavy (non-hydrogen) atoms. The molecule has 0 atom stereocenters. The summed E-state index contributed by atoms with van der Waals surface area (Å²) >= 11 is 0. The Morgan fingerprint density at radius 1 is 0.958 bits per heavy atom. The lowest BCUT2D eigenvalue weighted by molar-refractivity contribution is 0.0964. The van der Waals surface area contributed by atoms with Crippen LogP contribution in [0.1, 0.15) is 29.4 Å². The van der Waals surface area contributed by atoms with Crippen molar-refractivity contribution in [1.29, 1.82) is 0 Å². The molecule has 0 aliphatic heterocycles. The maximum absolute atomic E-state index is 13.1. The number of fused-ring (bicyclic) bond motifs is 3. The molecule has 0 unspecified atom stereocenters. The highest BCUT2D eigenvalue weighted by molar-refractivity contribution is 6.15. The normalized spacial score (nSPS) is 11.2. The van der Waals surface area contributed by atoms with E-state index in [0.29, 0.717) is 5.69 Å². The van der Waals surface area contributed by atoms with Crippen molar-refractivity contribution in [3.8, 4) is 0 Å². The van der Waals surface area contributed by atoms with Crippen molar-refractivity contribution in [3.63, 3.8) is 0 Å². The van der Waals surface area contributed by atoms with Crippen molar-refractivity contribution in [2.24, 2.45) is 0 Å². The van der Waals surface area contributed by atoms with Crippen molar-refractivity contribution in [2.45, 2.75) is 19.8 Å². The molecule has 0 amide bonds. The van der Waals surface area contributed by atoms with E-state index in [1.807, 2.05) is 30.3 Å². The van der Waals surface area contributed by atoms with Gasteiger partial charge in [0.05, 0.1) is 11.0 Å². The highest BCUT2D eigenvalue weighted by Crippen LogP contribution is 2.30. The third-order valence-electron chi connectivity index (χ3n) is 4.36. The lowest BCUT2D eigenvalue weighted by atomic mass is 10.1. The highest BCUT2D eigenvalue weighted by Gasteiger charge is 2.18. The van der Waals surface area contributed by atoms with Crippen LogP contribution in [0.4, 0.5) is 0 Å². The fraction of sp³-hybridized carbons (Fsp3) is 0.143. The summed E-state index contributed by atoms with van der Waals surface area (Å²) in [7, 11) is 0. The van der Waals surface area contributed by atoms with Crippen molar-refractivity contribution in [1.82, 2.24) is 9.55 Å². The first-order valence-electron chi connectivity index (χ1n) is 8.27. The van der Waals surface area contributed by atoms with Crippen LogP contribution in [0.5, 0.6) is 0 Å². The van der Waals surface area contributed by atoms with Gasteiger partial charge in [-0.15, -0.1) is 0 Å². The zero-order chi connectivity index (χ0) is 16.5. The Morgan fingerprint density at radius 3 is 2.54 bits per heavy atom. The van der Waals surface area contributed by atoms with Gasteiger partial charge in [0.2, 0.25) is 0 Å². The number of carbonyl (C=O) groups excluding carboxylic acids is 1. The van der Waals surface area contributed by atoms with E-state index in [4.69, 9.17) is 0 Å². The molecule has 2 heterocycles. The smallest absolute Gasteiger partial charge is 0.274 e. The third-order valence-corrected chi connectivity index (χ3v) is 4.36. The minimum atomic E-state index is -0.0875. The molecule has 0 aliphatic carbocycles. The summed E-state index contributed by atoms with van der Waals surface area (Å²) in [5.41, 5.74) is 3.60. The van der Waals surface area contributed by atoms with Gasteiger partial charge in [-0.25, -0.2) is 0 Å². The SMILES string of the molecule is CCCc1ccc2c3ccccc3n(C(=O)c3ccccn3)c2c1. The lowest BCUT2D eigenvalue weighted by Crippen LogP contribution is -2.13. The monoisotopic (exact) mass is 314 g/mol. The van der Waals surface area contributed by atoms with E-state index < -0.39 is 0 Å². The molecule has 0 radical (unpaired) electrons. The molecule has 3 nitrogen and oxygen atoms in total. The average molecular weight is 314 g/mol. The molecular formula is C21H18N2O. The largest absolute Gasteiger partial charge is 0.281 e. The molecule has 2 aromatic carbocycles. The molecule has 2 aromatic heterocycles. The van der Waals surface area contributed by atoms with Gasteiger partial charge in [0.1, 0.15) is 5.69 Å². The van der Waals surface area contributed by atoms with Gasteiger partial charge in [-0.05, 0) is 36.2 Å². The van der Waals surface area contributed by atoms with Crippen LogP contribution < -0.4 is 0 Å². The summed E-state index contributed by atoms with van der Waals surface area (Å²) < 4.78 is 1.80. The van der Waals surface area contributed by atoms with E-state index in [1.165, 1.54) is 5.56 Å². The van der Waals surface area contributed by atoms with Crippen molar-refractivity contribution < 1.29 is 4.79 Å². The maximum Gasteiger partial charge on any atom is 0.281 e. The zero-order valence-corrected chi connectivity index (χ0v) is 13.6. The maximum atomic E-state index is 13.1. The number of pyridine rings is 1. The summed E-state index contributed by atoms with van der Waals surface area (Å²) in [5, 5.41) is 2.20. The number of carbonyl (C=O) groups is 1. The predicted octanol–water partition coefficient (Wildman–Crippen LogP) is 4.83. The van der Waals surface area contributed by atoms with Crippen molar-refractivity contribution in [2.75, 3.05) is 0 Å². The van der Waals surface area contributed by atoms with Gasteiger partial charge in [-0.2, -0.15) is 0 Å². The Hall–Kier alpha value is -2.94. The first kappa shape index (κ1) is 14.6. The average Bonchev–Trinajstić information content (AvgIpc) is 2.96. The second-order valence-electron chi connectivity index (χ2n) is 5.97. The van der Waals surface area contributed by atoms with Crippen LogP contribution in [-0.4, -0.2) is 15.5 Å². The van der Waals surface area contributed by atoms with Gasteiger partial charge < -0.3 is 0 Å². The molecule has 0 spiro atoms. The summed E-state index contributed by atoms with van der Waals surface area (Å²) in [6.07, 6.45) is 3.75. The summed E-state index contributed by atoms with van der Waals surface area (Å²) in [6, 6.07) is 19.9. The Bertz CT molecular complexity index is 1030. The number of aryl methyl sites for hydroxylation is 1. The van der Waals surface area contributed by atoms with Crippen LogP contribution in [0, 0.1) is 0 Å². The van der Waals surface area contributed by atoms with Crippen LogP contribution >= 0.6 is 0 Å². The molecule has 0 aliphatic rings. The first-order chi connectivity index (χ1) is 11.8. The number of hydrogen-bond acceptors (Lipinski definition) is 2. The van der Waals surface area contributed by atoms with Crippen LogP contribution in [0.2, 0.25) is 0 Å². The van der Waals surface area contributed by atoms with Gasteiger partial charge in [-0.3, -0.25) is 14.3 Å². The molecular weight excluding hydrogens is 296 g/mol. The molecule has 3 heteroatoms. The predicted molar refractivity (Wildman–Crippen MR) is 97.4 cm³/mol. The molecule has 0 saturated carbocycles. The van der Waals surface area contributed by atoms with Gasteiger partial charge >= 0.3 is 0 Å². The minimum absolute atomic E-state index is 0.0875. The fourth-order valence-corrected chi connectivity index (χ4v) is 3.28. The topological polar surface area (TPSA) is 34.9 Å². The first-order valence-corrected chi connectivity index (χ1v) is 8.27. The van der Waals surface area contributed by atoms with Gasteiger partial charge in [0.15, 0.2) is 0 Å². The summed E-state index contributed by atoms with van der Waals surface area (Å²) in [4.78, 5) is 17.3. The van der Waals surface area contributed by atoms with Gasteiger partial charge in [0, 0.05) is 17.0 Å². The molecule has 4 rings (SSSR count). The van der Waals surface area contributed by atoms with Crippen LogP contribution in [0.3, 0.4) is 0 Å². The van der Waals surface area contributed by atoms with E-state index in [2.05, 4.69) is 36.2 Å².